The smallest absolute Gasteiger partial charge is 0.339 e. The number of para-hydroxylation sites is 1. The summed E-state index contributed by atoms with van der Waals surface area (Å²) in [6.07, 6.45) is -0.923. The molecule has 0 saturated carbocycles. The number of carbonyl (C=O) groups excluding carboxylic acids is 2. The number of benzene rings is 2. The van der Waals surface area contributed by atoms with Gasteiger partial charge in [-0.25, -0.2) is 4.79 Å². The minimum absolute atomic E-state index is 0.129. The number of anilines is 1. The Kier molecular flexibility index (Phi) is 4.14. The van der Waals surface area contributed by atoms with Crippen LogP contribution < -0.4 is 14.8 Å². The standard InChI is InChI=1S/C17H15NO5/c1-11(16(19)18-13-5-3-2-4-6-13)23-17(20)12-7-8-14-15(9-12)22-10-21-14/h2-9,11H,10H2,1H3,(H,18,19)/t11-/m0/s1. The van der Waals surface area contributed by atoms with Gasteiger partial charge in [-0.1, -0.05) is 18.2 Å². The largest absolute Gasteiger partial charge is 0.454 e. The van der Waals surface area contributed by atoms with Crippen molar-refractivity contribution in [3.63, 3.8) is 0 Å². The number of nitrogens with one attached hydrogen (secondary N) is 1. The van der Waals surface area contributed by atoms with E-state index in [0.29, 0.717) is 22.7 Å². The second-order valence-corrected chi connectivity index (χ2v) is 4.97. The van der Waals surface area contributed by atoms with Crippen molar-refractivity contribution in [1.82, 2.24) is 0 Å². The third kappa shape index (κ3) is 3.42. The highest BCUT2D eigenvalue weighted by Gasteiger charge is 2.21. The molecule has 6 heteroatoms. The Balaban J connectivity index is 1.62. The van der Waals surface area contributed by atoms with Crippen LogP contribution in [0.5, 0.6) is 11.5 Å². The molecule has 0 aromatic heterocycles. The lowest BCUT2D eigenvalue weighted by molar-refractivity contribution is -0.123. The number of fused-ring (bicyclic) bond motifs is 1. The van der Waals surface area contributed by atoms with E-state index in [1.165, 1.54) is 13.0 Å². The lowest BCUT2D eigenvalue weighted by atomic mass is 10.2. The molecule has 1 heterocycles. The maximum Gasteiger partial charge on any atom is 0.339 e. The summed E-state index contributed by atoms with van der Waals surface area (Å²) in [4.78, 5) is 24.1. The fourth-order valence-corrected chi connectivity index (χ4v) is 2.07. The predicted octanol–water partition coefficient (Wildman–Crippen LogP) is 2.60. The molecule has 1 amide bonds. The molecule has 2 aromatic rings. The summed E-state index contributed by atoms with van der Waals surface area (Å²) in [6.45, 7) is 1.65. The van der Waals surface area contributed by atoms with Gasteiger partial charge >= 0.3 is 5.97 Å². The highest BCUT2D eigenvalue weighted by molar-refractivity contribution is 5.97. The van der Waals surface area contributed by atoms with Crippen LogP contribution in [-0.2, 0) is 9.53 Å². The zero-order valence-corrected chi connectivity index (χ0v) is 12.4. The van der Waals surface area contributed by atoms with E-state index in [0.717, 1.165) is 0 Å². The van der Waals surface area contributed by atoms with Gasteiger partial charge in [0.15, 0.2) is 17.6 Å². The van der Waals surface area contributed by atoms with Crippen LogP contribution in [0.2, 0.25) is 0 Å². The van der Waals surface area contributed by atoms with Crippen molar-refractivity contribution in [3.05, 3.63) is 54.1 Å². The van der Waals surface area contributed by atoms with E-state index in [-0.39, 0.29) is 6.79 Å². The van der Waals surface area contributed by atoms with Crippen LogP contribution in [-0.4, -0.2) is 24.8 Å². The van der Waals surface area contributed by atoms with Crippen molar-refractivity contribution >= 4 is 17.6 Å². The van der Waals surface area contributed by atoms with E-state index >= 15 is 0 Å². The summed E-state index contributed by atoms with van der Waals surface area (Å²) in [5.74, 6) is 0.0709. The Morgan fingerprint density at radius 1 is 1.09 bits per heavy atom. The fourth-order valence-electron chi connectivity index (χ4n) is 2.07. The normalized spacial score (nSPS) is 13.3. The van der Waals surface area contributed by atoms with Gasteiger partial charge in [0.25, 0.3) is 5.91 Å². The third-order valence-corrected chi connectivity index (χ3v) is 3.30. The van der Waals surface area contributed by atoms with Gasteiger partial charge < -0.3 is 19.5 Å². The minimum atomic E-state index is -0.923. The molecule has 1 atom stereocenters. The van der Waals surface area contributed by atoms with Gasteiger partial charge in [0.2, 0.25) is 6.79 Å². The summed E-state index contributed by atoms with van der Waals surface area (Å²) in [7, 11) is 0. The first-order valence-corrected chi connectivity index (χ1v) is 7.10. The molecular formula is C17H15NO5. The molecule has 0 unspecified atom stereocenters. The van der Waals surface area contributed by atoms with Crippen LogP contribution >= 0.6 is 0 Å². The quantitative estimate of drug-likeness (QED) is 0.878. The van der Waals surface area contributed by atoms with E-state index in [9.17, 15) is 9.59 Å². The van der Waals surface area contributed by atoms with E-state index in [1.54, 1.807) is 36.4 Å². The Morgan fingerprint density at radius 2 is 1.83 bits per heavy atom. The molecule has 0 spiro atoms. The van der Waals surface area contributed by atoms with Crippen molar-refractivity contribution < 1.29 is 23.8 Å². The molecule has 23 heavy (non-hydrogen) atoms. The van der Waals surface area contributed by atoms with Crippen molar-refractivity contribution in [2.24, 2.45) is 0 Å². The number of amides is 1. The lowest BCUT2D eigenvalue weighted by Crippen LogP contribution is -2.29. The zero-order chi connectivity index (χ0) is 16.2. The van der Waals surface area contributed by atoms with Crippen LogP contribution in [0.4, 0.5) is 5.69 Å². The van der Waals surface area contributed by atoms with Gasteiger partial charge in [-0.05, 0) is 37.3 Å². The van der Waals surface area contributed by atoms with Crippen LogP contribution in [0, 0.1) is 0 Å². The monoisotopic (exact) mass is 313 g/mol. The molecule has 118 valence electrons. The predicted molar refractivity (Wildman–Crippen MR) is 82.5 cm³/mol. The summed E-state index contributed by atoms with van der Waals surface area (Å²) in [6, 6.07) is 13.7. The highest BCUT2D eigenvalue weighted by Crippen LogP contribution is 2.32. The fraction of sp³-hybridized carbons (Fsp3) is 0.176. The Labute approximate surface area is 133 Å². The van der Waals surface area contributed by atoms with Crippen LogP contribution in [0.1, 0.15) is 17.3 Å². The maximum atomic E-state index is 12.1. The van der Waals surface area contributed by atoms with Crippen molar-refractivity contribution in [2.75, 3.05) is 12.1 Å². The summed E-state index contributed by atoms with van der Waals surface area (Å²) in [5, 5.41) is 2.68. The third-order valence-electron chi connectivity index (χ3n) is 3.30. The molecule has 6 nitrogen and oxygen atoms in total. The first-order valence-electron chi connectivity index (χ1n) is 7.10. The number of carbonyl (C=O) groups is 2. The molecule has 0 saturated heterocycles. The second kappa shape index (κ2) is 6.39. The summed E-state index contributed by atoms with van der Waals surface area (Å²) >= 11 is 0. The molecule has 3 rings (SSSR count). The van der Waals surface area contributed by atoms with Crippen LogP contribution in [0.15, 0.2) is 48.5 Å². The summed E-state index contributed by atoms with van der Waals surface area (Å²) < 4.78 is 15.6. The average molecular weight is 313 g/mol. The van der Waals surface area contributed by atoms with Gasteiger partial charge in [-0.3, -0.25) is 4.79 Å². The number of ether oxygens (including phenoxy) is 3. The first kappa shape index (κ1) is 14.9. The Morgan fingerprint density at radius 3 is 2.61 bits per heavy atom. The van der Waals surface area contributed by atoms with Crippen molar-refractivity contribution in [2.45, 2.75) is 13.0 Å². The second-order valence-electron chi connectivity index (χ2n) is 4.97. The van der Waals surface area contributed by atoms with Crippen molar-refractivity contribution in [1.29, 1.82) is 0 Å². The van der Waals surface area contributed by atoms with Gasteiger partial charge in [0.05, 0.1) is 5.56 Å². The molecule has 0 radical (unpaired) electrons. The van der Waals surface area contributed by atoms with E-state index in [4.69, 9.17) is 14.2 Å². The van der Waals surface area contributed by atoms with E-state index in [1.807, 2.05) is 6.07 Å². The first-order chi connectivity index (χ1) is 11.1. The lowest BCUT2D eigenvalue weighted by Gasteiger charge is -2.13. The maximum absolute atomic E-state index is 12.1. The van der Waals surface area contributed by atoms with Crippen molar-refractivity contribution in [3.8, 4) is 11.5 Å². The molecule has 1 aliphatic heterocycles. The number of hydrogen-bond acceptors (Lipinski definition) is 5. The Hall–Kier alpha value is -3.02. The molecule has 0 aliphatic carbocycles. The van der Waals surface area contributed by atoms with Crippen LogP contribution in [0.25, 0.3) is 0 Å². The Bertz CT molecular complexity index is 729. The van der Waals surface area contributed by atoms with E-state index in [2.05, 4.69) is 5.32 Å². The summed E-state index contributed by atoms with van der Waals surface area (Å²) in [5.41, 5.74) is 0.942. The highest BCUT2D eigenvalue weighted by atomic mass is 16.7. The van der Waals surface area contributed by atoms with E-state index < -0.39 is 18.0 Å². The number of esters is 1. The van der Waals surface area contributed by atoms with Crippen LogP contribution in [0.3, 0.4) is 0 Å². The molecule has 1 aliphatic rings. The molecular weight excluding hydrogens is 298 g/mol. The molecule has 1 N–H and O–H groups in total. The topological polar surface area (TPSA) is 73.9 Å². The molecule has 2 aromatic carbocycles. The zero-order valence-electron chi connectivity index (χ0n) is 12.4. The molecule has 0 bridgehead atoms. The number of rotatable bonds is 4. The molecule has 0 fully saturated rings. The van der Waals surface area contributed by atoms with Gasteiger partial charge in [-0.15, -0.1) is 0 Å². The number of hydrogen-bond donors (Lipinski definition) is 1. The SMILES string of the molecule is C[C@H](OC(=O)c1ccc2c(c1)OCO2)C(=O)Nc1ccccc1. The van der Waals surface area contributed by atoms with Gasteiger partial charge in [-0.2, -0.15) is 0 Å². The van der Waals surface area contributed by atoms with Gasteiger partial charge in [0.1, 0.15) is 0 Å². The minimum Gasteiger partial charge on any atom is -0.454 e. The average Bonchev–Trinajstić information content (AvgIpc) is 3.03. The van der Waals surface area contributed by atoms with Gasteiger partial charge in [0, 0.05) is 5.69 Å².